The van der Waals surface area contributed by atoms with Gasteiger partial charge in [-0.05, 0) is 6.07 Å². The van der Waals surface area contributed by atoms with Gasteiger partial charge in [-0.15, -0.1) is 5.10 Å². The highest BCUT2D eigenvalue weighted by Gasteiger charge is 2.04. The largest absolute Gasteiger partial charge is 0.481 e. The number of rotatable bonds is 2. The van der Waals surface area contributed by atoms with Gasteiger partial charge in [-0.3, -0.25) is 4.79 Å². The first-order valence-electron chi connectivity index (χ1n) is 3.90. The first-order valence-corrected chi connectivity index (χ1v) is 3.90. The van der Waals surface area contributed by atoms with Crippen LogP contribution in [-0.2, 0) is 11.2 Å². The molecule has 2 rings (SSSR count). The second-order valence-electron chi connectivity index (χ2n) is 2.71. The fraction of sp³-hybridized carbons (Fsp3) is 0.125. The van der Waals surface area contributed by atoms with E-state index in [9.17, 15) is 4.79 Å². The summed E-state index contributed by atoms with van der Waals surface area (Å²) in [6, 6.07) is 1.62. The molecule has 0 spiro atoms. The number of aromatic nitrogens is 4. The smallest absolute Gasteiger partial charge is 0.309 e. The number of carboxylic acids is 1. The summed E-state index contributed by atoms with van der Waals surface area (Å²) in [5.41, 5.74) is 0.869. The summed E-state index contributed by atoms with van der Waals surface area (Å²) in [7, 11) is 0. The van der Waals surface area contributed by atoms with Crippen LogP contribution in [0.5, 0.6) is 0 Å². The Bertz CT molecular complexity index is 485. The molecule has 6 heteroatoms. The van der Waals surface area contributed by atoms with E-state index in [2.05, 4.69) is 20.2 Å². The first-order chi connectivity index (χ1) is 6.75. The van der Waals surface area contributed by atoms with E-state index in [0.717, 1.165) is 0 Å². The quantitative estimate of drug-likeness (QED) is 0.719. The summed E-state index contributed by atoms with van der Waals surface area (Å²) < 4.78 is 0. The molecule has 0 saturated carbocycles. The molecular weight excluding hydrogens is 184 g/mol. The Hall–Kier alpha value is -2.11. The molecule has 70 valence electrons. The lowest BCUT2D eigenvalue weighted by atomic mass is 10.2. The third kappa shape index (κ3) is 1.63. The molecule has 6 nitrogen and oxygen atoms in total. The molecule has 0 fully saturated rings. The highest BCUT2D eigenvalue weighted by molar-refractivity contribution is 5.75. The zero-order valence-electron chi connectivity index (χ0n) is 7.08. The zero-order chi connectivity index (χ0) is 9.97. The van der Waals surface area contributed by atoms with E-state index >= 15 is 0 Å². The van der Waals surface area contributed by atoms with Gasteiger partial charge in [-0.2, -0.15) is 5.10 Å². The highest BCUT2D eigenvalue weighted by Crippen LogP contribution is 2.06. The van der Waals surface area contributed by atoms with Crippen LogP contribution in [0.15, 0.2) is 18.6 Å². The van der Waals surface area contributed by atoms with Crippen molar-refractivity contribution in [3.05, 3.63) is 24.3 Å². The Morgan fingerprint density at radius 2 is 2.29 bits per heavy atom. The molecule has 0 bridgehead atoms. The van der Waals surface area contributed by atoms with Crippen LogP contribution < -0.4 is 0 Å². The van der Waals surface area contributed by atoms with Gasteiger partial charge < -0.3 is 5.11 Å². The maximum Gasteiger partial charge on any atom is 0.309 e. The van der Waals surface area contributed by atoms with Crippen LogP contribution in [-0.4, -0.2) is 31.2 Å². The van der Waals surface area contributed by atoms with Crippen LogP contribution in [0.2, 0.25) is 0 Å². The number of fused-ring (bicyclic) bond motifs is 1. The Morgan fingerprint density at radius 3 is 3.07 bits per heavy atom. The second kappa shape index (κ2) is 3.33. The fourth-order valence-electron chi connectivity index (χ4n) is 1.08. The van der Waals surface area contributed by atoms with Crippen LogP contribution in [0.25, 0.3) is 11.0 Å². The first kappa shape index (κ1) is 8.49. The number of hydrogen-bond acceptors (Lipinski definition) is 5. The van der Waals surface area contributed by atoms with Gasteiger partial charge in [0, 0.05) is 11.6 Å². The Morgan fingerprint density at radius 1 is 1.43 bits per heavy atom. The SMILES string of the molecule is O=C(O)Cc1cc2cncnc2nn1. The van der Waals surface area contributed by atoms with Crippen molar-refractivity contribution in [2.24, 2.45) is 0 Å². The lowest BCUT2D eigenvalue weighted by Crippen LogP contribution is -2.03. The summed E-state index contributed by atoms with van der Waals surface area (Å²) in [4.78, 5) is 18.1. The van der Waals surface area contributed by atoms with Crippen LogP contribution >= 0.6 is 0 Å². The van der Waals surface area contributed by atoms with E-state index in [1.54, 1.807) is 12.3 Å². The average molecular weight is 190 g/mol. The summed E-state index contributed by atoms with van der Waals surface area (Å²) in [5, 5.41) is 16.7. The van der Waals surface area contributed by atoms with Gasteiger partial charge in [-0.25, -0.2) is 9.97 Å². The van der Waals surface area contributed by atoms with Crippen molar-refractivity contribution in [2.45, 2.75) is 6.42 Å². The fourth-order valence-corrected chi connectivity index (χ4v) is 1.08. The predicted octanol–water partition coefficient (Wildman–Crippen LogP) is 0.0469. The lowest BCUT2D eigenvalue weighted by molar-refractivity contribution is -0.136. The molecule has 2 aromatic heterocycles. The van der Waals surface area contributed by atoms with Crippen molar-refractivity contribution >= 4 is 17.0 Å². The highest BCUT2D eigenvalue weighted by atomic mass is 16.4. The summed E-state index contributed by atoms with van der Waals surface area (Å²) in [5.74, 6) is -0.935. The minimum atomic E-state index is -0.935. The molecule has 2 heterocycles. The van der Waals surface area contributed by atoms with Crippen molar-refractivity contribution in [1.82, 2.24) is 20.2 Å². The van der Waals surface area contributed by atoms with Gasteiger partial charge >= 0.3 is 5.97 Å². The van der Waals surface area contributed by atoms with Crippen LogP contribution in [0.1, 0.15) is 5.69 Å². The van der Waals surface area contributed by atoms with Gasteiger partial charge in [0.15, 0.2) is 5.65 Å². The monoisotopic (exact) mass is 190 g/mol. The minimum absolute atomic E-state index is 0.141. The molecule has 0 atom stereocenters. The molecule has 0 saturated heterocycles. The van der Waals surface area contributed by atoms with Crippen molar-refractivity contribution < 1.29 is 9.90 Å². The summed E-state index contributed by atoms with van der Waals surface area (Å²) in [6.07, 6.45) is 2.80. The van der Waals surface area contributed by atoms with Crippen molar-refractivity contribution in [3.8, 4) is 0 Å². The number of carbonyl (C=O) groups is 1. The Kier molecular flexibility index (Phi) is 2.02. The maximum absolute atomic E-state index is 10.4. The molecular formula is C8H6N4O2. The standard InChI is InChI=1S/C8H6N4O2/c13-7(14)2-6-1-5-3-9-4-10-8(5)12-11-6/h1,3-4H,2H2,(H,13,14). The van der Waals surface area contributed by atoms with Crippen LogP contribution in [0, 0.1) is 0 Å². The molecule has 0 aliphatic carbocycles. The maximum atomic E-state index is 10.4. The molecule has 0 aliphatic heterocycles. The summed E-state index contributed by atoms with van der Waals surface area (Å²) in [6.45, 7) is 0. The average Bonchev–Trinajstić information content (AvgIpc) is 2.17. The number of carboxylic acid groups (broad SMARTS) is 1. The molecule has 0 aliphatic rings. The van der Waals surface area contributed by atoms with Gasteiger partial charge in [0.25, 0.3) is 0 Å². The Balaban J connectivity index is 2.46. The van der Waals surface area contributed by atoms with Crippen LogP contribution in [0.4, 0.5) is 0 Å². The van der Waals surface area contributed by atoms with Gasteiger partial charge in [0.2, 0.25) is 0 Å². The van der Waals surface area contributed by atoms with E-state index in [4.69, 9.17) is 5.11 Å². The molecule has 2 aromatic rings. The molecule has 1 N–H and O–H groups in total. The van der Waals surface area contributed by atoms with Gasteiger partial charge in [0.1, 0.15) is 6.33 Å². The molecule has 0 radical (unpaired) electrons. The second-order valence-corrected chi connectivity index (χ2v) is 2.71. The molecule has 0 aromatic carbocycles. The third-order valence-electron chi connectivity index (χ3n) is 1.65. The number of hydrogen-bond donors (Lipinski definition) is 1. The van der Waals surface area contributed by atoms with E-state index in [-0.39, 0.29) is 6.42 Å². The summed E-state index contributed by atoms with van der Waals surface area (Å²) >= 11 is 0. The van der Waals surface area contributed by atoms with E-state index in [1.807, 2.05) is 0 Å². The molecule has 0 unspecified atom stereocenters. The number of aliphatic carboxylic acids is 1. The zero-order valence-corrected chi connectivity index (χ0v) is 7.08. The topological polar surface area (TPSA) is 88.9 Å². The third-order valence-corrected chi connectivity index (χ3v) is 1.65. The van der Waals surface area contributed by atoms with E-state index in [0.29, 0.717) is 16.7 Å². The normalized spacial score (nSPS) is 10.3. The van der Waals surface area contributed by atoms with E-state index < -0.39 is 5.97 Å². The van der Waals surface area contributed by atoms with E-state index in [1.165, 1.54) is 6.33 Å². The van der Waals surface area contributed by atoms with Crippen LogP contribution in [0.3, 0.4) is 0 Å². The predicted molar refractivity (Wildman–Crippen MR) is 46.5 cm³/mol. The van der Waals surface area contributed by atoms with Crippen molar-refractivity contribution in [1.29, 1.82) is 0 Å². The minimum Gasteiger partial charge on any atom is -0.481 e. The molecule has 0 amide bonds. The van der Waals surface area contributed by atoms with Crippen molar-refractivity contribution in [3.63, 3.8) is 0 Å². The lowest BCUT2D eigenvalue weighted by Gasteiger charge is -1.96. The van der Waals surface area contributed by atoms with Gasteiger partial charge in [0.05, 0.1) is 12.1 Å². The van der Waals surface area contributed by atoms with Gasteiger partial charge in [-0.1, -0.05) is 0 Å². The Labute approximate surface area is 78.6 Å². The number of nitrogens with zero attached hydrogens (tertiary/aromatic N) is 4. The van der Waals surface area contributed by atoms with Crippen molar-refractivity contribution in [2.75, 3.05) is 0 Å². The molecule has 14 heavy (non-hydrogen) atoms.